The molecule has 1 aromatic heterocycles. The summed E-state index contributed by atoms with van der Waals surface area (Å²) in [5.74, 6) is 0.0410. The van der Waals surface area contributed by atoms with Gasteiger partial charge in [-0.25, -0.2) is 4.37 Å². The number of hydrogen-bond acceptors (Lipinski definition) is 5. The van der Waals surface area contributed by atoms with Gasteiger partial charge in [0.15, 0.2) is 0 Å². The zero-order valence-corrected chi connectivity index (χ0v) is 13.6. The Morgan fingerprint density at radius 3 is 2.62 bits per heavy atom. The molecule has 2 atom stereocenters. The Morgan fingerprint density at radius 2 is 2.05 bits per heavy atom. The Morgan fingerprint density at radius 1 is 1.33 bits per heavy atom. The molecule has 2 saturated carbocycles. The van der Waals surface area contributed by atoms with E-state index in [1.165, 1.54) is 11.5 Å². The Hall–Kier alpha value is -1.08. The van der Waals surface area contributed by atoms with Gasteiger partial charge in [0, 0.05) is 17.5 Å². The average molecular weight is 325 g/mol. The van der Waals surface area contributed by atoms with Crippen LogP contribution in [-0.2, 0) is 4.79 Å². The smallest absolute Gasteiger partial charge is 0.254 e. The van der Waals surface area contributed by atoms with Crippen molar-refractivity contribution in [3.63, 3.8) is 0 Å². The monoisotopic (exact) mass is 325 g/mol. The molecule has 0 aromatic carbocycles. The highest BCUT2D eigenvalue weighted by Gasteiger charge is 2.50. The summed E-state index contributed by atoms with van der Waals surface area (Å²) >= 11 is 2.91. The van der Waals surface area contributed by atoms with Crippen LogP contribution in [0, 0.1) is 0 Å². The number of thioether (sulfide) groups is 1. The van der Waals surface area contributed by atoms with Crippen LogP contribution in [0.2, 0.25) is 0 Å². The molecule has 3 rings (SSSR count). The maximum atomic E-state index is 12.3. The van der Waals surface area contributed by atoms with Gasteiger partial charge in [-0.2, -0.15) is 0 Å². The van der Waals surface area contributed by atoms with Crippen LogP contribution in [0.25, 0.3) is 0 Å². The fraction of sp³-hybridized carbons (Fsp3) is 0.643. The highest BCUT2D eigenvalue weighted by Crippen LogP contribution is 2.47. The molecule has 2 N–H and O–H groups in total. The van der Waals surface area contributed by atoms with Gasteiger partial charge in [0.05, 0.1) is 16.5 Å². The molecule has 0 saturated heterocycles. The molecule has 2 fully saturated rings. The molecule has 2 aliphatic rings. The maximum absolute atomic E-state index is 12.3. The third kappa shape index (κ3) is 3.08. The van der Waals surface area contributed by atoms with E-state index in [1.54, 1.807) is 23.3 Å². The molecular weight excluding hydrogens is 306 g/mol. The van der Waals surface area contributed by atoms with Crippen molar-refractivity contribution in [3.05, 3.63) is 17.1 Å². The topological polar surface area (TPSA) is 71.1 Å². The second kappa shape index (κ2) is 5.96. The summed E-state index contributed by atoms with van der Waals surface area (Å²) in [6.45, 7) is 0. The summed E-state index contributed by atoms with van der Waals surface area (Å²) < 4.78 is 3.75. The summed E-state index contributed by atoms with van der Waals surface area (Å²) in [6, 6.07) is 0.0803. The van der Waals surface area contributed by atoms with Gasteiger partial charge in [-0.05, 0) is 49.9 Å². The van der Waals surface area contributed by atoms with Crippen LogP contribution in [0.3, 0.4) is 0 Å². The van der Waals surface area contributed by atoms with E-state index >= 15 is 0 Å². The Bertz CT molecular complexity index is 528. The average Bonchev–Trinajstić information content (AvgIpc) is 2.88. The van der Waals surface area contributed by atoms with Crippen LogP contribution >= 0.6 is 23.3 Å². The van der Waals surface area contributed by atoms with Crippen molar-refractivity contribution < 1.29 is 9.59 Å². The van der Waals surface area contributed by atoms with Crippen molar-refractivity contribution in [1.29, 1.82) is 0 Å². The van der Waals surface area contributed by atoms with Crippen molar-refractivity contribution in [1.82, 2.24) is 15.0 Å². The first-order chi connectivity index (χ1) is 10.1. The van der Waals surface area contributed by atoms with Crippen molar-refractivity contribution in [2.24, 2.45) is 0 Å². The van der Waals surface area contributed by atoms with Crippen LogP contribution < -0.4 is 10.6 Å². The number of nitrogens with zero attached hydrogens (tertiary/aromatic N) is 1. The van der Waals surface area contributed by atoms with Crippen LogP contribution in [0.4, 0.5) is 0 Å². The number of aromatic nitrogens is 1. The van der Waals surface area contributed by atoms with Crippen LogP contribution in [0.15, 0.2) is 11.6 Å². The normalized spacial score (nSPS) is 26.3. The standard InChI is InChI=1S/C14H19N3O2S2/c1-20-14(5-6-14)13(19)17-11-4-2-3-10(11)16-12(18)9-7-15-21-8-9/h7-8,10-11H,2-6H2,1H3,(H,16,18)(H,17,19)/t10-,11+/m0/s1. The van der Waals surface area contributed by atoms with Gasteiger partial charge in [-0.15, -0.1) is 11.8 Å². The van der Waals surface area contributed by atoms with E-state index in [1.807, 2.05) is 6.26 Å². The lowest BCUT2D eigenvalue weighted by molar-refractivity contribution is -0.122. The van der Waals surface area contributed by atoms with E-state index in [9.17, 15) is 9.59 Å². The lowest BCUT2D eigenvalue weighted by Gasteiger charge is -2.24. The Balaban J connectivity index is 1.58. The first-order valence-corrected chi connectivity index (χ1v) is 9.27. The summed E-state index contributed by atoms with van der Waals surface area (Å²) in [6.07, 6.45) is 8.38. The van der Waals surface area contributed by atoms with E-state index in [4.69, 9.17) is 0 Å². The highest BCUT2D eigenvalue weighted by molar-refractivity contribution is 8.01. The third-order valence-corrected chi connectivity index (χ3v) is 6.31. The zero-order chi connectivity index (χ0) is 14.9. The van der Waals surface area contributed by atoms with Crippen LogP contribution in [0.5, 0.6) is 0 Å². The lowest BCUT2D eigenvalue weighted by Crippen LogP contribution is -2.50. The zero-order valence-electron chi connectivity index (χ0n) is 11.9. The van der Waals surface area contributed by atoms with E-state index < -0.39 is 0 Å². The second-order valence-electron chi connectivity index (χ2n) is 5.70. The largest absolute Gasteiger partial charge is 0.350 e. The number of hydrogen-bond donors (Lipinski definition) is 2. The molecule has 0 spiro atoms. The molecule has 0 bridgehead atoms. The van der Waals surface area contributed by atoms with Gasteiger partial charge in [0.1, 0.15) is 0 Å². The number of nitrogens with one attached hydrogen (secondary N) is 2. The predicted molar refractivity (Wildman–Crippen MR) is 84.6 cm³/mol. The quantitative estimate of drug-likeness (QED) is 0.866. The van der Waals surface area contributed by atoms with E-state index in [0.717, 1.165) is 32.1 Å². The van der Waals surface area contributed by atoms with Crippen molar-refractivity contribution in [2.45, 2.75) is 48.9 Å². The third-order valence-electron chi connectivity index (χ3n) is 4.35. The fourth-order valence-corrected chi connectivity index (χ4v) is 4.08. The van der Waals surface area contributed by atoms with Crippen molar-refractivity contribution in [3.8, 4) is 0 Å². The van der Waals surface area contributed by atoms with E-state index in [-0.39, 0.29) is 28.6 Å². The molecule has 5 nitrogen and oxygen atoms in total. The van der Waals surface area contributed by atoms with E-state index in [2.05, 4.69) is 15.0 Å². The van der Waals surface area contributed by atoms with Gasteiger partial charge < -0.3 is 10.6 Å². The number of carbonyl (C=O) groups excluding carboxylic acids is 2. The number of rotatable bonds is 5. The minimum Gasteiger partial charge on any atom is -0.350 e. The van der Waals surface area contributed by atoms with Crippen LogP contribution in [-0.4, -0.2) is 39.3 Å². The fourth-order valence-electron chi connectivity index (χ4n) is 2.81. The van der Waals surface area contributed by atoms with Crippen molar-refractivity contribution in [2.75, 3.05) is 6.26 Å². The van der Waals surface area contributed by atoms with Crippen LogP contribution in [0.1, 0.15) is 42.5 Å². The van der Waals surface area contributed by atoms with Gasteiger partial charge in [-0.3, -0.25) is 9.59 Å². The summed E-state index contributed by atoms with van der Waals surface area (Å²) in [4.78, 5) is 24.4. The number of carbonyl (C=O) groups is 2. The Kier molecular flexibility index (Phi) is 4.21. The molecule has 0 aliphatic heterocycles. The second-order valence-corrected chi connectivity index (χ2v) is 7.55. The highest BCUT2D eigenvalue weighted by atomic mass is 32.2. The van der Waals surface area contributed by atoms with Gasteiger partial charge in [0.25, 0.3) is 5.91 Å². The van der Waals surface area contributed by atoms with Gasteiger partial charge in [-0.1, -0.05) is 0 Å². The number of amides is 2. The first kappa shape index (κ1) is 14.8. The van der Waals surface area contributed by atoms with Gasteiger partial charge >= 0.3 is 0 Å². The molecule has 114 valence electrons. The van der Waals surface area contributed by atoms with E-state index in [0.29, 0.717) is 5.56 Å². The molecule has 0 unspecified atom stereocenters. The summed E-state index contributed by atoms with van der Waals surface area (Å²) in [5.41, 5.74) is 0.597. The first-order valence-electron chi connectivity index (χ1n) is 7.21. The SMILES string of the molecule is CSC1(C(=O)N[C@@H]2CCC[C@@H]2NC(=O)c2cnsc2)CC1. The molecule has 2 aliphatic carbocycles. The molecule has 1 aromatic rings. The summed E-state index contributed by atoms with van der Waals surface area (Å²) in [7, 11) is 0. The summed E-state index contributed by atoms with van der Waals surface area (Å²) in [5, 5.41) is 7.92. The van der Waals surface area contributed by atoms with Crippen molar-refractivity contribution >= 4 is 35.1 Å². The molecule has 2 amide bonds. The maximum Gasteiger partial charge on any atom is 0.254 e. The Labute approximate surface area is 132 Å². The molecule has 0 radical (unpaired) electrons. The van der Waals surface area contributed by atoms with Gasteiger partial charge in [0.2, 0.25) is 5.91 Å². The molecule has 1 heterocycles. The minimum absolute atomic E-state index is 0.0269. The minimum atomic E-state index is -0.200. The lowest BCUT2D eigenvalue weighted by atomic mass is 10.1. The molecular formula is C14H19N3O2S2. The molecule has 21 heavy (non-hydrogen) atoms. The molecule has 7 heteroatoms. The predicted octanol–water partition coefficient (Wildman–Crippen LogP) is 1.81.